The summed E-state index contributed by atoms with van der Waals surface area (Å²) in [5.41, 5.74) is 2.10. The van der Waals surface area contributed by atoms with Gasteiger partial charge in [-0.1, -0.05) is 54.3 Å². The third-order valence-corrected chi connectivity index (χ3v) is 4.83. The number of nitro groups is 1. The lowest BCUT2D eigenvalue weighted by molar-refractivity contribution is -0.384. The lowest BCUT2D eigenvalue weighted by Crippen LogP contribution is -2.28. The summed E-state index contributed by atoms with van der Waals surface area (Å²) in [5.74, 6) is -0.217. The average molecular weight is 356 g/mol. The number of benzene rings is 2. The maximum Gasteiger partial charge on any atom is 0.270 e. The summed E-state index contributed by atoms with van der Waals surface area (Å²) < 4.78 is 0.416. The lowest BCUT2D eigenvalue weighted by Gasteiger charge is -2.16. The molecule has 0 bridgehead atoms. The Morgan fingerprint density at radius 3 is 2.54 bits per heavy atom. The molecule has 1 aliphatic rings. The zero-order chi connectivity index (χ0) is 17.3. The van der Waals surface area contributed by atoms with Crippen molar-refractivity contribution >= 4 is 51.7 Å². The second-order valence-electron chi connectivity index (χ2n) is 5.16. The maximum absolute atomic E-state index is 12.7. The van der Waals surface area contributed by atoms with E-state index in [0.29, 0.717) is 20.5 Å². The number of carbonyl (C=O) groups is 1. The lowest BCUT2D eigenvalue weighted by atomic mass is 10.1. The summed E-state index contributed by atoms with van der Waals surface area (Å²) in [5, 5.41) is 10.9. The van der Waals surface area contributed by atoms with Crippen molar-refractivity contribution in [1.82, 2.24) is 0 Å². The molecule has 7 heteroatoms. The smallest absolute Gasteiger partial charge is 0.268 e. The Morgan fingerprint density at radius 1 is 1.21 bits per heavy atom. The summed E-state index contributed by atoms with van der Waals surface area (Å²) in [6.45, 7) is 1.72. The number of non-ortho nitro benzene ring substituents is 1. The first kappa shape index (κ1) is 16.4. The van der Waals surface area contributed by atoms with Gasteiger partial charge in [0.15, 0.2) is 4.32 Å². The third-order valence-electron chi connectivity index (χ3n) is 3.52. The topological polar surface area (TPSA) is 63.5 Å². The number of hydrogen-bond donors (Lipinski definition) is 0. The standard InChI is InChI=1S/C17H12N2O3S2/c1-11-9-13(19(21)22)7-8-14(11)18-16(20)15(24-17(18)23)10-12-5-3-2-4-6-12/h2-10H,1H3/b15-10-. The maximum atomic E-state index is 12.7. The fraction of sp³-hybridized carbons (Fsp3) is 0.0588. The number of thiocarbonyl (C=S) groups is 1. The minimum absolute atomic E-state index is 0.0125. The summed E-state index contributed by atoms with van der Waals surface area (Å²) in [7, 11) is 0. The molecule has 1 fully saturated rings. The molecular weight excluding hydrogens is 344 g/mol. The molecule has 0 atom stereocenters. The van der Waals surface area contributed by atoms with Crippen LogP contribution in [0.25, 0.3) is 6.08 Å². The molecule has 1 amide bonds. The van der Waals surface area contributed by atoms with Gasteiger partial charge in [0.25, 0.3) is 11.6 Å². The number of amides is 1. The molecule has 0 saturated carbocycles. The van der Waals surface area contributed by atoms with E-state index in [1.54, 1.807) is 19.1 Å². The minimum atomic E-state index is -0.462. The molecule has 0 aromatic heterocycles. The van der Waals surface area contributed by atoms with Gasteiger partial charge in [-0.05, 0) is 30.2 Å². The number of thioether (sulfide) groups is 1. The first-order valence-electron chi connectivity index (χ1n) is 7.05. The molecule has 0 unspecified atom stereocenters. The first-order chi connectivity index (χ1) is 11.5. The van der Waals surface area contributed by atoms with Gasteiger partial charge in [-0.3, -0.25) is 19.8 Å². The molecule has 0 radical (unpaired) electrons. The second kappa shape index (κ2) is 6.54. The van der Waals surface area contributed by atoms with Gasteiger partial charge in [-0.2, -0.15) is 0 Å². The molecule has 1 heterocycles. The number of aryl methyl sites for hydroxylation is 1. The van der Waals surface area contributed by atoms with Crippen molar-refractivity contribution in [3.63, 3.8) is 0 Å². The second-order valence-corrected chi connectivity index (χ2v) is 6.83. The molecule has 3 rings (SSSR count). The van der Waals surface area contributed by atoms with Gasteiger partial charge in [-0.25, -0.2) is 0 Å². The normalized spacial score (nSPS) is 16.0. The van der Waals surface area contributed by atoms with Gasteiger partial charge in [0.1, 0.15) is 0 Å². The zero-order valence-corrected chi connectivity index (χ0v) is 14.3. The Bertz CT molecular complexity index is 879. The quantitative estimate of drug-likeness (QED) is 0.355. The van der Waals surface area contributed by atoms with Crippen LogP contribution in [0.5, 0.6) is 0 Å². The highest BCUT2D eigenvalue weighted by molar-refractivity contribution is 8.27. The van der Waals surface area contributed by atoms with E-state index in [1.165, 1.54) is 28.8 Å². The molecule has 0 aliphatic carbocycles. The average Bonchev–Trinajstić information content (AvgIpc) is 2.82. The number of nitro benzene ring substituents is 1. The third kappa shape index (κ3) is 3.08. The summed E-state index contributed by atoms with van der Waals surface area (Å²) in [6, 6.07) is 13.9. The van der Waals surface area contributed by atoms with E-state index in [-0.39, 0.29) is 11.6 Å². The van der Waals surface area contributed by atoms with Crippen LogP contribution in [0.1, 0.15) is 11.1 Å². The molecule has 0 spiro atoms. The highest BCUT2D eigenvalue weighted by Crippen LogP contribution is 2.38. The van der Waals surface area contributed by atoms with E-state index in [0.717, 1.165) is 5.56 Å². The molecular formula is C17H12N2O3S2. The first-order valence-corrected chi connectivity index (χ1v) is 8.28. The fourth-order valence-corrected chi connectivity index (χ4v) is 3.67. The van der Waals surface area contributed by atoms with E-state index in [4.69, 9.17) is 12.2 Å². The van der Waals surface area contributed by atoms with Crippen LogP contribution in [0.15, 0.2) is 53.4 Å². The highest BCUT2D eigenvalue weighted by atomic mass is 32.2. The van der Waals surface area contributed by atoms with Crippen molar-refractivity contribution in [2.45, 2.75) is 6.92 Å². The Hall–Kier alpha value is -2.51. The van der Waals surface area contributed by atoms with E-state index in [2.05, 4.69) is 0 Å². The van der Waals surface area contributed by atoms with Crippen LogP contribution >= 0.6 is 24.0 Å². The van der Waals surface area contributed by atoms with Gasteiger partial charge in [0, 0.05) is 12.1 Å². The SMILES string of the molecule is Cc1cc([N+](=O)[O-])ccc1N1C(=O)/C(=C/c2ccccc2)SC1=S. The molecule has 24 heavy (non-hydrogen) atoms. The van der Waals surface area contributed by atoms with Crippen LogP contribution in [0.4, 0.5) is 11.4 Å². The van der Waals surface area contributed by atoms with Crippen molar-refractivity contribution in [3.05, 3.63) is 74.7 Å². The number of nitrogens with zero attached hydrogens (tertiary/aromatic N) is 2. The molecule has 2 aromatic carbocycles. The van der Waals surface area contributed by atoms with Gasteiger partial charge in [0.2, 0.25) is 0 Å². The van der Waals surface area contributed by atoms with Crippen LogP contribution in [0, 0.1) is 17.0 Å². The van der Waals surface area contributed by atoms with Crippen LogP contribution in [-0.2, 0) is 4.79 Å². The molecule has 5 nitrogen and oxygen atoms in total. The number of anilines is 1. The summed E-state index contributed by atoms with van der Waals surface area (Å²) in [4.78, 5) is 25.1. The molecule has 1 aliphatic heterocycles. The van der Waals surface area contributed by atoms with Gasteiger partial charge in [-0.15, -0.1) is 0 Å². The largest absolute Gasteiger partial charge is 0.270 e. The number of hydrogen-bond acceptors (Lipinski definition) is 5. The Kier molecular flexibility index (Phi) is 4.46. The minimum Gasteiger partial charge on any atom is -0.268 e. The molecule has 2 aromatic rings. The van der Waals surface area contributed by atoms with Crippen LogP contribution in [0.2, 0.25) is 0 Å². The van der Waals surface area contributed by atoms with E-state index in [9.17, 15) is 14.9 Å². The Balaban J connectivity index is 1.96. The van der Waals surface area contributed by atoms with Crippen molar-refractivity contribution in [3.8, 4) is 0 Å². The number of carbonyl (C=O) groups excluding carboxylic acids is 1. The predicted octanol–water partition coefficient (Wildman–Crippen LogP) is 4.31. The summed E-state index contributed by atoms with van der Waals surface area (Å²) in [6.07, 6.45) is 1.79. The summed E-state index contributed by atoms with van der Waals surface area (Å²) >= 11 is 6.56. The molecule has 120 valence electrons. The molecule has 0 N–H and O–H groups in total. The van der Waals surface area contributed by atoms with E-state index >= 15 is 0 Å². The monoisotopic (exact) mass is 356 g/mol. The van der Waals surface area contributed by atoms with E-state index < -0.39 is 4.92 Å². The van der Waals surface area contributed by atoms with Crippen molar-refractivity contribution in [2.24, 2.45) is 0 Å². The van der Waals surface area contributed by atoms with Gasteiger partial charge >= 0.3 is 0 Å². The van der Waals surface area contributed by atoms with E-state index in [1.807, 2.05) is 30.3 Å². The van der Waals surface area contributed by atoms with Crippen molar-refractivity contribution < 1.29 is 9.72 Å². The van der Waals surface area contributed by atoms with Crippen molar-refractivity contribution in [2.75, 3.05) is 4.90 Å². The van der Waals surface area contributed by atoms with Crippen LogP contribution < -0.4 is 4.90 Å². The highest BCUT2D eigenvalue weighted by Gasteiger charge is 2.34. The van der Waals surface area contributed by atoms with Gasteiger partial charge in [0.05, 0.1) is 15.5 Å². The van der Waals surface area contributed by atoms with Crippen LogP contribution in [0.3, 0.4) is 0 Å². The fourth-order valence-electron chi connectivity index (χ4n) is 2.38. The zero-order valence-electron chi connectivity index (χ0n) is 12.6. The van der Waals surface area contributed by atoms with Gasteiger partial charge < -0.3 is 0 Å². The Labute approximate surface area is 148 Å². The number of rotatable bonds is 3. The van der Waals surface area contributed by atoms with Crippen LogP contribution in [-0.4, -0.2) is 15.2 Å². The van der Waals surface area contributed by atoms with Crippen molar-refractivity contribution in [1.29, 1.82) is 0 Å². The predicted molar refractivity (Wildman–Crippen MR) is 99.9 cm³/mol. The Morgan fingerprint density at radius 2 is 1.92 bits per heavy atom. The molecule has 1 saturated heterocycles.